The van der Waals surface area contributed by atoms with Crippen LogP contribution in [0.3, 0.4) is 0 Å². The number of aromatic nitrogens is 3. The van der Waals surface area contributed by atoms with Crippen LogP contribution >= 0.6 is 0 Å². The topological polar surface area (TPSA) is 56.6 Å². The minimum atomic E-state index is 0.722. The molecule has 4 nitrogen and oxygen atoms in total. The van der Waals surface area contributed by atoms with Crippen LogP contribution in [0.5, 0.6) is 5.75 Å². The highest BCUT2D eigenvalue weighted by Crippen LogP contribution is 2.27. The maximum atomic E-state index is 6.06. The van der Waals surface area contributed by atoms with E-state index in [1.165, 1.54) is 54.8 Å². The third kappa shape index (κ3) is 5.06. The number of H-pyrrole nitrogens is 3. The van der Waals surface area contributed by atoms with Crippen molar-refractivity contribution >= 4 is 12.2 Å². The first-order chi connectivity index (χ1) is 14.3. The molecule has 0 fully saturated rings. The molecule has 3 N–H and O–H groups in total. The fourth-order valence-corrected chi connectivity index (χ4v) is 4.08. The van der Waals surface area contributed by atoms with Crippen LogP contribution in [0.1, 0.15) is 69.5 Å². The average Bonchev–Trinajstić information content (AvgIpc) is 3.45. The first-order valence-corrected chi connectivity index (χ1v) is 11.2. The normalized spacial score (nSPS) is 16.1. The number of nitrogens with one attached hydrogen (secondary N) is 3. The van der Waals surface area contributed by atoms with E-state index in [1.54, 1.807) is 0 Å². The third-order valence-electron chi connectivity index (χ3n) is 5.67. The summed E-state index contributed by atoms with van der Waals surface area (Å²) in [7, 11) is 0. The number of fused-ring (bicyclic) bond motifs is 2. The van der Waals surface area contributed by atoms with Gasteiger partial charge < -0.3 is 19.7 Å². The van der Waals surface area contributed by atoms with Crippen molar-refractivity contribution < 1.29 is 4.74 Å². The van der Waals surface area contributed by atoms with Crippen molar-refractivity contribution in [3.8, 4) is 17.1 Å². The number of ether oxygens (including phenoxy) is 1. The molecule has 0 aliphatic heterocycles. The highest BCUT2D eigenvalue weighted by molar-refractivity contribution is 5.65. The van der Waals surface area contributed by atoms with Crippen molar-refractivity contribution in [2.45, 2.75) is 64.7 Å². The lowest BCUT2D eigenvalue weighted by atomic mass is 10.0. The van der Waals surface area contributed by atoms with Gasteiger partial charge in [0.1, 0.15) is 5.75 Å². The minimum absolute atomic E-state index is 0.722. The summed E-state index contributed by atoms with van der Waals surface area (Å²) in [6.07, 6.45) is 17.8. The molecule has 4 heteroatoms. The Morgan fingerprint density at radius 2 is 1.86 bits per heavy atom. The molecule has 0 amide bonds. The maximum Gasteiger partial charge on any atom is 0.144 e. The fourth-order valence-electron chi connectivity index (χ4n) is 4.08. The smallest absolute Gasteiger partial charge is 0.144 e. The van der Waals surface area contributed by atoms with E-state index in [1.807, 2.05) is 12.3 Å². The van der Waals surface area contributed by atoms with Gasteiger partial charge in [0.2, 0.25) is 0 Å². The van der Waals surface area contributed by atoms with E-state index in [9.17, 15) is 0 Å². The molecule has 0 unspecified atom stereocenters. The first kappa shape index (κ1) is 19.7. The number of hydrogen-bond acceptors (Lipinski definition) is 1. The molecule has 3 aromatic heterocycles. The molecule has 0 radical (unpaired) electrons. The zero-order valence-electron chi connectivity index (χ0n) is 17.5. The summed E-state index contributed by atoms with van der Waals surface area (Å²) >= 11 is 0. The summed E-state index contributed by atoms with van der Waals surface area (Å²) in [5.74, 6) is 0.917. The van der Waals surface area contributed by atoms with Crippen molar-refractivity contribution in [3.05, 3.63) is 52.4 Å². The predicted molar refractivity (Wildman–Crippen MR) is 120 cm³/mol. The Morgan fingerprint density at radius 1 is 1.00 bits per heavy atom. The van der Waals surface area contributed by atoms with Crippen LogP contribution in [0.2, 0.25) is 0 Å². The summed E-state index contributed by atoms with van der Waals surface area (Å²) in [6.45, 7) is 2.86. The molecule has 0 saturated carbocycles. The molecule has 29 heavy (non-hydrogen) atoms. The second kappa shape index (κ2) is 9.73. The molecule has 0 aromatic carbocycles. The number of rotatable bonds is 5. The second-order valence-corrected chi connectivity index (χ2v) is 8.07. The lowest BCUT2D eigenvalue weighted by Crippen LogP contribution is -2.12. The molecule has 2 bridgehead atoms. The van der Waals surface area contributed by atoms with E-state index < -0.39 is 0 Å². The van der Waals surface area contributed by atoms with Gasteiger partial charge >= 0.3 is 0 Å². The van der Waals surface area contributed by atoms with E-state index in [0.717, 1.165) is 48.7 Å². The molecule has 3 heterocycles. The zero-order chi connectivity index (χ0) is 19.9. The van der Waals surface area contributed by atoms with Gasteiger partial charge in [-0.05, 0) is 61.9 Å². The Hall–Kier alpha value is -2.62. The van der Waals surface area contributed by atoms with Crippen molar-refractivity contribution in [2.24, 2.45) is 0 Å². The monoisotopic (exact) mass is 391 g/mol. The maximum absolute atomic E-state index is 6.06. The van der Waals surface area contributed by atoms with Crippen LogP contribution in [-0.4, -0.2) is 21.6 Å². The van der Waals surface area contributed by atoms with Crippen LogP contribution < -0.4 is 15.4 Å². The van der Waals surface area contributed by atoms with Gasteiger partial charge in [0.05, 0.1) is 23.7 Å². The molecule has 0 saturated heterocycles. The van der Waals surface area contributed by atoms with Gasteiger partial charge in [-0.15, -0.1) is 0 Å². The summed E-state index contributed by atoms with van der Waals surface area (Å²) in [6, 6.07) is 8.54. The number of aromatic amines is 3. The Labute approximate surface area is 173 Å². The molecule has 0 atom stereocenters. The zero-order valence-corrected chi connectivity index (χ0v) is 17.5. The van der Waals surface area contributed by atoms with Crippen molar-refractivity contribution in [1.29, 1.82) is 0 Å². The highest BCUT2D eigenvalue weighted by Gasteiger charge is 2.11. The van der Waals surface area contributed by atoms with Gasteiger partial charge in [0.15, 0.2) is 0 Å². The van der Waals surface area contributed by atoms with Crippen LogP contribution in [0.15, 0.2) is 30.5 Å². The third-order valence-corrected chi connectivity index (χ3v) is 5.67. The van der Waals surface area contributed by atoms with Gasteiger partial charge in [0, 0.05) is 23.0 Å². The summed E-state index contributed by atoms with van der Waals surface area (Å²) in [5.41, 5.74) is 4.57. The molecule has 0 spiro atoms. The van der Waals surface area contributed by atoms with E-state index in [2.05, 4.69) is 52.2 Å². The Balaban J connectivity index is 1.72. The average molecular weight is 392 g/mol. The van der Waals surface area contributed by atoms with Gasteiger partial charge in [-0.25, -0.2) is 0 Å². The first-order valence-electron chi connectivity index (χ1n) is 11.2. The quantitative estimate of drug-likeness (QED) is 0.562. The molecular weight excluding hydrogens is 358 g/mol. The summed E-state index contributed by atoms with van der Waals surface area (Å²) in [4.78, 5) is 10.5. The van der Waals surface area contributed by atoms with Crippen LogP contribution in [0.4, 0.5) is 0 Å². The van der Waals surface area contributed by atoms with Crippen molar-refractivity contribution in [1.82, 2.24) is 15.0 Å². The van der Waals surface area contributed by atoms with Gasteiger partial charge in [0.25, 0.3) is 0 Å². The molecular formula is C25H33N3O. The largest absolute Gasteiger partial charge is 0.491 e. The standard InChI is InChI=1S/C25H33N3O/c1-2-15-29-25-18-23(21-13-10-14-26-21)28-24(25)17-22-19-11-8-6-4-3-5-7-9-12-20(16-19)27-22/h10,12-14,16-18,26-28H,2-9,11,15H2,1H3. The van der Waals surface area contributed by atoms with Crippen LogP contribution in [0.25, 0.3) is 23.5 Å². The Morgan fingerprint density at radius 3 is 2.69 bits per heavy atom. The second-order valence-electron chi connectivity index (χ2n) is 8.07. The highest BCUT2D eigenvalue weighted by atomic mass is 16.5. The molecule has 4 rings (SSSR count). The number of hydrogen-bond donors (Lipinski definition) is 3. The Kier molecular flexibility index (Phi) is 6.60. The number of aryl methyl sites for hydroxylation is 1. The minimum Gasteiger partial charge on any atom is -0.491 e. The Bertz CT molecular complexity index is 1010. The van der Waals surface area contributed by atoms with Crippen LogP contribution in [-0.2, 0) is 6.42 Å². The van der Waals surface area contributed by atoms with E-state index in [-0.39, 0.29) is 0 Å². The molecule has 154 valence electrons. The fraction of sp³-hybridized carbons (Fsp3) is 0.440. The van der Waals surface area contributed by atoms with Gasteiger partial charge in [-0.3, -0.25) is 0 Å². The predicted octanol–water partition coefficient (Wildman–Crippen LogP) is 5.02. The van der Waals surface area contributed by atoms with Crippen molar-refractivity contribution in [3.63, 3.8) is 0 Å². The van der Waals surface area contributed by atoms with E-state index >= 15 is 0 Å². The SMILES string of the molecule is CCCOc1cc(-c2ccc[nH]2)[nH]c1C=c1[nH]c2cc1CCCCCCCCC=2. The summed E-state index contributed by atoms with van der Waals surface area (Å²) < 4.78 is 6.06. The van der Waals surface area contributed by atoms with Crippen LogP contribution in [0, 0.1) is 0 Å². The molecule has 1 aliphatic rings. The molecule has 3 aromatic rings. The van der Waals surface area contributed by atoms with Gasteiger partial charge in [-0.1, -0.05) is 38.7 Å². The lowest BCUT2D eigenvalue weighted by molar-refractivity contribution is 0.317. The van der Waals surface area contributed by atoms with E-state index in [4.69, 9.17) is 4.74 Å². The lowest BCUT2D eigenvalue weighted by Gasteiger charge is -2.03. The van der Waals surface area contributed by atoms with Gasteiger partial charge in [-0.2, -0.15) is 0 Å². The van der Waals surface area contributed by atoms with Crippen molar-refractivity contribution in [2.75, 3.05) is 6.61 Å². The van der Waals surface area contributed by atoms with E-state index in [0.29, 0.717) is 0 Å². The summed E-state index contributed by atoms with van der Waals surface area (Å²) in [5, 5.41) is 2.45. The molecule has 1 aliphatic carbocycles.